The number of nitrogens with zero attached hydrogens (tertiary/aromatic N) is 2. The van der Waals surface area contributed by atoms with E-state index >= 15 is 0 Å². The zero-order valence-electron chi connectivity index (χ0n) is 11.1. The number of aromatic amines is 1. The maximum absolute atomic E-state index is 12.3. The number of nitrogens with one attached hydrogen (secondary N) is 2. The van der Waals surface area contributed by atoms with Crippen molar-refractivity contribution in [2.24, 2.45) is 0 Å². The standard InChI is InChI=1S/C12H10ClF3N4O2/c1-6(22-8-4-2-3-7(13)5-8)9(21)17-11-18-10(19-20-11)12(14,15)16/h2-6H,1H3,(H2,17,18,19,20,21)/t6-/m1/s1. The normalized spacial score (nSPS) is 12.8. The van der Waals surface area contributed by atoms with Crippen molar-refractivity contribution in [1.29, 1.82) is 0 Å². The van der Waals surface area contributed by atoms with Gasteiger partial charge in [-0.15, -0.1) is 5.10 Å². The summed E-state index contributed by atoms with van der Waals surface area (Å²) in [6.07, 6.45) is -5.65. The van der Waals surface area contributed by atoms with Crippen LogP contribution in [0.2, 0.25) is 5.02 Å². The van der Waals surface area contributed by atoms with E-state index in [-0.39, 0.29) is 0 Å². The average Bonchev–Trinajstić information content (AvgIpc) is 2.87. The van der Waals surface area contributed by atoms with Crippen LogP contribution in [0.4, 0.5) is 19.1 Å². The van der Waals surface area contributed by atoms with Gasteiger partial charge in [0.25, 0.3) is 5.91 Å². The number of aromatic nitrogens is 3. The van der Waals surface area contributed by atoms with E-state index in [2.05, 4.69) is 15.4 Å². The van der Waals surface area contributed by atoms with Gasteiger partial charge < -0.3 is 4.74 Å². The molecule has 118 valence electrons. The molecule has 1 heterocycles. The number of anilines is 1. The van der Waals surface area contributed by atoms with Gasteiger partial charge in [-0.1, -0.05) is 17.7 Å². The van der Waals surface area contributed by atoms with Gasteiger partial charge in [-0.3, -0.25) is 15.2 Å². The zero-order valence-corrected chi connectivity index (χ0v) is 11.9. The molecule has 22 heavy (non-hydrogen) atoms. The van der Waals surface area contributed by atoms with Crippen molar-refractivity contribution < 1.29 is 22.7 Å². The number of halogens is 4. The summed E-state index contributed by atoms with van der Waals surface area (Å²) in [6.45, 7) is 1.42. The molecule has 0 aliphatic carbocycles. The van der Waals surface area contributed by atoms with Gasteiger partial charge in [-0.2, -0.15) is 18.2 Å². The Morgan fingerprint density at radius 1 is 1.45 bits per heavy atom. The number of H-pyrrole nitrogens is 1. The Balaban J connectivity index is 1.98. The molecule has 0 saturated heterocycles. The number of alkyl halides is 3. The summed E-state index contributed by atoms with van der Waals surface area (Å²) in [5.74, 6) is -2.14. The van der Waals surface area contributed by atoms with Crippen LogP contribution in [0.25, 0.3) is 0 Å². The summed E-state index contributed by atoms with van der Waals surface area (Å²) in [6, 6.07) is 6.35. The van der Waals surface area contributed by atoms with Gasteiger partial charge in [0.15, 0.2) is 6.10 Å². The minimum absolute atomic E-state index is 0.348. The van der Waals surface area contributed by atoms with Crippen molar-refractivity contribution in [2.45, 2.75) is 19.2 Å². The molecular formula is C12H10ClF3N4O2. The SMILES string of the molecule is C[C@@H](Oc1cccc(Cl)c1)C(=O)Nc1n[nH]c(C(F)(F)F)n1. The lowest BCUT2D eigenvalue weighted by Gasteiger charge is -2.13. The van der Waals surface area contributed by atoms with Crippen molar-refractivity contribution in [3.8, 4) is 5.75 Å². The zero-order chi connectivity index (χ0) is 16.3. The Labute approximate surface area is 127 Å². The number of carbonyl (C=O) groups excluding carboxylic acids is 1. The second kappa shape index (κ2) is 6.22. The summed E-state index contributed by atoms with van der Waals surface area (Å²) in [4.78, 5) is 14.9. The van der Waals surface area contributed by atoms with E-state index < -0.39 is 30.0 Å². The van der Waals surface area contributed by atoms with Gasteiger partial charge in [0, 0.05) is 5.02 Å². The average molecular weight is 335 g/mol. The Morgan fingerprint density at radius 2 is 2.18 bits per heavy atom. The second-order valence-corrected chi connectivity index (χ2v) is 4.65. The van der Waals surface area contributed by atoms with Crippen LogP contribution in [0.1, 0.15) is 12.7 Å². The van der Waals surface area contributed by atoms with E-state index in [4.69, 9.17) is 16.3 Å². The van der Waals surface area contributed by atoms with Crippen LogP contribution < -0.4 is 10.1 Å². The summed E-state index contributed by atoms with van der Waals surface area (Å²) in [5.41, 5.74) is 0. The predicted octanol–water partition coefficient (Wildman–Crippen LogP) is 2.88. The molecule has 2 aromatic rings. The fourth-order valence-corrected chi connectivity index (χ4v) is 1.63. The van der Waals surface area contributed by atoms with Crippen LogP contribution in [0.5, 0.6) is 5.75 Å². The van der Waals surface area contributed by atoms with Crippen molar-refractivity contribution in [3.05, 3.63) is 35.1 Å². The largest absolute Gasteiger partial charge is 0.481 e. The Bertz CT molecular complexity index is 674. The molecular weight excluding hydrogens is 325 g/mol. The van der Waals surface area contributed by atoms with Gasteiger partial charge in [0.2, 0.25) is 11.8 Å². The molecule has 2 N–H and O–H groups in total. The summed E-state index contributed by atoms with van der Waals surface area (Å²) < 4.78 is 42.3. The molecule has 0 spiro atoms. The maximum atomic E-state index is 12.3. The third kappa shape index (κ3) is 4.10. The van der Waals surface area contributed by atoms with Crippen LogP contribution in [-0.4, -0.2) is 27.2 Å². The number of hydrogen-bond acceptors (Lipinski definition) is 4. The van der Waals surface area contributed by atoms with Gasteiger partial charge in [0.1, 0.15) is 5.75 Å². The van der Waals surface area contributed by atoms with E-state index in [1.165, 1.54) is 13.0 Å². The molecule has 0 saturated carbocycles. The number of ether oxygens (including phenoxy) is 1. The lowest BCUT2D eigenvalue weighted by atomic mass is 10.3. The first kappa shape index (κ1) is 16.1. The smallest absolute Gasteiger partial charge is 0.451 e. The van der Waals surface area contributed by atoms with Crippen molar-refractivity contribution >= 4 is 23.5 Å². The molecule has 0 aliphatic heterocycles. The van der Waals surface area contributed by atoms with Gasteiger partial charge in [0.05, 0.1) is 0 Å². The highest BCUT2D eigenvalue weighted by molar-refractivity contribution is 6.30. The van der Waals surface area contributed by atoms with Crippen molar-refractivity contribution in [2.75, 3.05) is 5.32 Å². The predicted molar refractivity (Wildman–Crippen MR) is 71.6 cm³/mol. The number of amides is 1. The van der Waals surface area contributed by atoms with Crippen molar-refractivity contribution in [1.82, 2.24) is 15.2 Å². The minimum Gasteiger partial charge on any atom is -0.481 e. The molecule has 1 atom stereocenters. The molecule has 1 amide bonds. The van der Waals surface area contributed by atoms with Crippen LogP contribution in [0.15, 0.2) is 24.3 Å². The molecule has 0 aliphatic rings. The maximum Gasteiger partial charge on any atom is 0.451 e. The lowest BCUT2D eigenvalue weighted by molar-refractivity contribution is -0.144. The third-order valence-electron chi connectivity index (χ3n) is 2.47. The van der Waals surface area contributed by atoms with Gasteiger partial charge in [-0.05, 0) is 25.1 Å². The van der Waals surface area contributed by atoms with E-state index in [0.29, 0.717) is 10.8 Å². The van der Waals surface area contributed by atoms with E-state index in [0.717, 1.165) is 0 Å². The van der Waals surface area contributed by atoms with Crippen molar-refractivity contribution in [3.63, 3.8) is 0 Å². The topological polar surface area (TPSA) is 79.9 Å². The first-order valence-corrected chi connectivity index (χ1v) is 6.36. The first-order valence-electron chi connectivity index (χ1n) is 5.98. The molecule has 10 heteroatoms. The quantitative estimate of drug-likeness (QED) is 0.901. The molecule has 6 nitrogen and oxygen atoms in total. The van der Waals surface area contributed by atoms with Crippen LogP contribution in [-0.2, 0) is 11.0 Å². The van der Waals surface area contributed by atoms with E-state index in [1.807, 2.05) is 0 Å². The number of rotatable bonds is 4. The number of benzene rings is 1. The van der Waals surface area contributed by atoms with Gasteiger partial charge in [-0.25, -0.2) is 0 Å². The molecule has 0 bridgehead atoms. The summed E-state index contributed by atoms with van der Waals surface area (Å²) in [7, 11) is 0. The minimum atomic E-state index is -4.67. The van der Waals surface area contributed by atoms with Gasteiger partial charge >= 0.3 is 6.18 Å². The highest BCUT2D eigenvalue weighted by Gasteiger charge is 2.35. The Morgan fingerprint density at radius 3 is 2.77 bits per heavy atom. The van der Waals surface area contributed by atoms with E-state index in [1.54, 1.807) is 23.3 Å². The number of carbonyl (C=O) groups is 1. The molecule has 0 unspecified atom stereocenters. The Hall–Kier alpha value is -2.29. The van der Waals surface area contributed by atoms with Crippen LogP contribution in [0, 0.1) is 0 Å². The molecule has 1 aromatic heterocycles. The number of hydrogen-bond donors (Lipinski definition) is 2. The molecule has 1 aromatic carbocycles. The highest BCUT2D eigenvalue weighted by atomic mass is 35.5. The highest BCUT2D eigenvalue weighted by Crippen LogP contribution is 2.26. The van der Waals surface area contributed by atoms with Crippen LogP contribution >= 0.6 is 11.6 Å². The molecule has 2 rings (SSSR count). The molecule has 0 fully saturated rings. The first-order chi connectivity index (χ1) is 10.3. The summed E-state index contributed by atoms with van der Waals surface area (Å²) >= 11 is 5.77. The Kier molecular flexibility index (Phi) is 4.55. The fourth-order valence-electron chi connectivity index (χ4n) is 1.45. The fraction of sp³-hybridized carbons (Fsp3) is 0.250. The lowest BCUT2D eigenvalue weighted by Crippen LogP contribution is -2.30. The summed E-state index contributed by atoms with van der Waals surface area (Å²) in [5, 5.41) is 7.49. The van der Waals surface area contributed by atoms with E-state index in [9.17, 15) is 18.0 Å². The monoisotopic (exact) mass is 334 g/mol. The molecule has 0 radical (unpaired) electrons. The second-order valence-electron chi connectivity index (χ2n) is 4.21. The third-order valence-corrected chi connectivity index (χ3v) is 2.70. The van der Waals surface area contributed by atoms with Crippen LogP contribution in [0.3, 0.4) is 0 Å².